The summed E-state index contributed by atoms with van der Waals surface area (Å²) >= 11 is 6.23. The van der Waals surface area contributed by atoms with Crippen LogP contribution in [-0.4, -0.2) is 12.6 Å². The second-order valence-corrected chi connectivity index (χ2v) is 6.06. The first kappa shape index (κ1) is 16.3. The van der Waals surface area contributed by atoms with Crippen molar-refractivity contribution in [1.29, 1.82) is 0 Å². The summed E-state index contributed by atoms with van der Waals surface area (Å²) in [6.07, 6.45) is 2.25. The normalized spacial score (nSPS) is 11.3. The quantitative estimate of drug-likeness (QED) is 0.701. The number of rotatable bonds is 8. The maximum atomic E-state index is 6.23. The van der Waals surface area contributed by atoms with Crippen molar-refractivity contribution >= 4 is 11.6 Å². The van der Waals surface area contributed by atoms with E-state index in [1.165, 1.54) is 6.42 Å². The van der Waals surface area contributed by atoms with Gasteiger partial charge in [0.1, 0.15) is 5.75 Å². The SMILES string of the molecule is CC(C)CCCOc1c(Cl)cccc1CNC(C)C. The Morgan fingerprint density at radius 1 is 1.21 bits per heavy atom. The summed E-state index contributed by atoms with van der Waals surface area (Å²) in [5, 5.41) is 4.10. The molecule has 0 spiro atoms. The van der Waals surface area contributed by atoms with Gasteiger partial charge >= 0.3 is 0 Å². The van der Waals surface area contributed by atoms with Crippen molar-refractivity contribution in [3.8, 4) is 5.75 Å². The maximum absolute atomic E-state index is 6.23. The molecule has 0 amide bonds. The fraction of sp³-hybridized carbons (Fsp3) is 0.625. The Morgan fingerprint density at radius 2 is 1.95 bits per heavy atom. The average molecular weight is 284 g/mol. The molecule has 0 radical (unpaired) electrons. The molecule has 0 aromatic heterocycles. The van der Waals surface area contributed by atoms with Gasteiger partial charge in [-0.15, -0.1) is 0 Å². The molecule has 0 aliphatic carbocycles. The van der Waals surface area contributed by atoms with Crippen molar-refractivity contribution in [2.24, 2.45) is 5.92 Å². The van der Waals surface area contributed by atoms with Crippen LogP contribution in [0.5, 0.6) is 5.75 Å². The molecule has 0 saturated carbocycles. The molecule has 0 fully saturated rings. The molecule has 3 heteroatoms. The molecule has 0 heterocycles. The fourth-order valence-electron chi connectivity index (χ4n) is 1.83. The molecule has 1 aromatic carbocycles. The molecule has 108 valence electrons. The van der Waals surface area contributed by atoms with Crippen molar-refractivity contribution in [2.45, 2.75) is 53.1 Å². The molecule has 1 aromatic rings. The standard InChI is InChI=1S/C16H26ClNO/c1-12(2)7-6-10-19-16-14(11-18-13(3)4)8-5-9-15(16)17/h5,8-9,12-13,18H,6-7,10-11H2,1-4H3. The number of hydrogen-bond acceptors (Lipinski definition) is 2. The fourth-order valence-corrected chi connectivity index (χ4v) is 2.08. The monoisotopic (exact) mass is 283 g/mol. The van der Waals surface area contributed by atoms with E-state index in [2.05, 4.69) is 39.1 Å². The van der Waals surface area contributed by atoms with E-state index in [-0.39, 0.29) is 0 Å². The lowest BCUT2D eigenvalue weighted by Gasteiger charge is -2.15. The van der Waals surface area contributed by atoms with E-state index in [1.807, 2.05) is 12.1 Å². The van der Waals surface area contributed by atoms with Crippen LogP contribution < -0.4 is 10.1 Å². The Labute approximate surface area is 122 Å². The smallest absolute Gasteiger partial charge is 0.142 e. The molecule has 0 saturated heterocycles. The van der Waals surface area contributed by atoms with Crippen molar-refractivity contribution < 1.29 is 4.74 Å². The van der Waals surface area contributed by atoms with Crippen LogP contribution in [0.1, 0.15) is 46.1 Å². The first-order valence-electron chi connectivity index (χ1n) is 7.14. The van der Waals surface area contributed by atoms with E-state index in [9.17, 15) is 0 Å². The summed E-state index contributed by atoms with van der Waals surface area (Å²) in [6, 6.07) is 6.38. The van der Waals surface area contributed by atoms with Crippen LogP contribution in [0.15, 0.2) is 18.2 Å². The van der Waals surface area contributed by atoms with Gasteiger partial charge in [-0.1, -0.05) is 51.4 Å². The Morgan fingerprint density at radius 3 is 2.58 bits per heavy atom. The van der Waals surface area contributed by atoms with Crippen LogP contribution in [0.3, 0.4) is 0 Å². The highest BCUT2D eigenvalue weighted by atomic mass is 35.5. The van der Waals surface area contributed by atoms with Gasteiger partial charge in [0.15, 0.2) is 0 Å². The lowest BCUT2D eigenvalue weighted by molar-refractivity contribution is 0.294. The Hall–Kier alpha value is -0.730. The molecule has 1 N–H and O–H groups in total. The minimum absolute atomic E-state index is 0.452. The molecule has 0 unspecified atom stereocenters. The van der Waals surface area contributed by atoms with Gasteiger partial charge in [0.05, 0.1) is 11.6 Å². The summed E-state index contributed by atoms with van der Waals surface area (Å²) in [5.41, 5.74) is 1.13. The highest BCUT2D eigenvalue weighted by molar-refractivity contribution is 6.32. The predicted octanol–water partition coefficient (Wildman–Crippen LogP) is 4.65. The predicted molar refractivity (Wildman–Crippen MR) is 83.0 cm³/mol. The Balaban J connectivity index is 2.58. The Bertz CT molecular complexity index is 377. The molecule has 19 heavy (non-hydrogen) atoms. The zero-order chi connectivity index (χ0) is 14.3. The summed E-state index contributed by atoms with van der Waals surface area (Å²) in [4.78, 5) is 0. The van der Waals surface area contributed by atoms with Gasteiger partial charge < -0.3 is 10.1 Å². The zero-order valence-electron chi connectivity index (χ0n) is 12.5. The summed E-state index contributed by atoms with van der Waals surface area (Å²) < 4.78 is 5.88. The molecule has 1 rings (SSSR count). The number of para-hydroxylation sites is 1. The minimum Gasteiger partial charge on any atom is -0.492 e. The van der Waals surface area contributed by atoms with Gasteiger partial charge in [-0.25, -0.2) is 0 Å². The minimum atomic E-state index is 0.452. The van der Waals surface area contributed by atoms with Gasteiger partial charge in [0.2, 0.25) is 0 Å². The molecule has 0 bridgehead atoms. The van der Waals surface area contributed by atoms with Crippen molar-refractivity contribution in [3.05, 3.63) is 28.8 Å². The first-order valence-corrected chi connectivity index (χ1v) is 7.52. The van der Waals surface area contributed by atoms with Gasteiger partial charge in [-0.2, -0.15) is 0 Å². The lowest BCUT2D eigenvalue weighted by atomic mass is 10.1. The summed E-state index contributed by atoms with van der Waals surface area (Å²) in [5.74, 6) is 1.55. The lowest BCUT2D eigenvalue weighted by Crippen LogP contribution is -2.22. The third-order valence-electron chi connectivity index (χ3n) is 2.92. The number of nitrogens with one attached hydrogen (secondary N) is 1. The van der Waals surface area contributed by atoms with Gasteiger partial charge in [0.25, 0.3) is 0 Å². The van der Waals surface area contributed by atoms with Crippen molar-refractivity contribution in [2.75, 3.05) is 6.61 Å². The average Bonchev–Trinajstić information content (AvgIpc) is 2.33. The molecular formula is C16H26ClNO. The molecule has 2 nitrogen and oxygen atoms in total. The van der Waals surface area contributed by atoms with Gasteiger partial charge in [-0.05, 0) is 24.8 Å². The van der Waals surface area contributed by atoms with Crippen LogP contribution in [0.25, 0.3) is 0 Å². The van der Waals surface area contributed by atoms with E-state index >= 15 is 0 Å². The molecule has 0 aliphatic heterocycles. The zero-order valence-corrected chi connectivity index (χ0v) is 13.3. The van der Waals surface area contributed by atoms with Crippen LogP contribution in [0.4, 0.5) is 0 Å². The van der Waals surface area contributed by atoms with Crippen molar-refractivity contribution in [1.82, 2.24) is 5.32 Å². The van der Waals surface area contributed by atoms with Gasteiger partial charge in [-0.3, -0.25) is 0 Å². The summed E-state index contributed by atoms with van der Waals surface area (Å²) in [6.45, 7) is 10.2. The van der Waals surface area contributed by atoms with Crippen molar-refractivity contribution in [3.63, 3.8) is 0 Å². The number of ether oxygens (including phenoxy) is 1. The third-order valence-corrected chi connectivity index (χ3v) is 3.22. The Kier molecular flexibility index (Phi) is 7.25. The second-order valence-electron chi connectivity index (χ2n) is 5.65. The van der Waals surface area contributed by atoms with E-state index in [4.69, 9.17) is 16.3 Å². The molecule has 0 aliphatic rings. The summed E-state index contributed by atoms with van der Waals surface area (Å²) in [7, 11) is 0. The number of benzene rings is 1. The van der Waals surface area contributed by atoms with Gasteiger partial charge in [0, 0.05) is 18.2 Å². The second kappa shape index (κ2) is 8.44. The van der Waals surface area contributed by atoms with Crippen LogP contribution in [0.2, 0.25) is 5.02 Å². The highest BCUT2D eigenvalue weighted by Crippen LogP contribution is 2.29. The van der Waals surface area contributed by atoms with E-state index < -0.39 is 0 Å². The largest absolute Gasteiger partial charge is 0.492 e. The highest BCUT2D eigenvalue weighted by Gasteiger charge is 2.09. The topological polar surface area (TPSA) is 21.3 Å². The van der Waals surface area contributed by atoms with Crippen LogP contribution >= 0.6 is 11.6 Å². The van der Waals surface area contributed by atoms with Crippen LogP contribution in [0, 0.1) is 5.92 Å². The molecular weight excluding hydrogens is 258 g/mol. The number of hydrogen-bond donors (Lipinski definition) is 1. The molecule has 0 atom stereocenters. The first-order chi connectivity index (χ1) is 9.00. The van der Waals surface area contributed by atoms with E-state index in [1.54, 1.807) is 0 Å². The van der Waals surface area contributed by atoms with E-state index in [0.717, 1.165) is 36.8 Å². The maximum Gasteiger partial charge on any atom is 0.142 e. The van der Waals surface area contributed by atoms with Crippen LogP contribution in [-0.2, 0) is 6.54 Å². The van der Waals surface area contributed by atoms with E-state index in [0.29, 0.717) is 11.1 Å². The third kappa shape index (κ3) is 6.31. The number of halogens is 1.